The Labute approximate surface area is 184 Å². The molecule has 2 N–H and O–H groups in total. The van der Waals surface area contributed by atoms with Gasteiger partial charge in [0.05, 0.1) is 6.10 Å². The molecule has 0 aromatic rings. The quantitative estimate of drug-likeness (QED) is 0.709. The third-order valence-electron chi connectivity index (χ3n) is 10.3. The molecule has 31 heavy (non-hydrogen) atoms. The minimum absolute atomic E-state index is 0.0457. The fourth-order valence-electron chi connectivity index (χ4n) is 8.79. The van der Waals surface area contributed by atoms with Crippen molar-refractivity contribution in [3.05, 3.63) is 11.6 Å². The third kappa shape index (κ3) is 2.71. The Bertz CT molecular complexity index is 828. The summed E-state index contributed by atoms with van der Waals surface area (Å²) in [7, 11) is 0. The number of aliphatic hydroxyl groups is 2. The van der Waals surface area contributed by atoms with E-state index in [4.69, 9.17) is 9.47 Å². The van der Waals surface area contributed by atoms with Crippen molar-refractivity contribution >= 4 is 11.6 Å². The van der Waals surface area contributed by atoms with Crippen molar-refractivity contribution in [1.82, 2.24) is 0 Å². The van der Waals surface area contributed by atoms with E-state index in [1.807, 2.05) is 0 Å². The van der Waals surface area contributed by atoms with Crippen LogP contribution in [0.5, 0.6) is 0 Å². The van der Waals surface area contributed by atoms with E-state index in [2.05, 4.69) is 13.8 Å². The van der Waals surface area contributed by atoms with Crippen LogP contribution < -0.4 is 0 Å². The Hall–Kier alpha value is -1.08. The van der Waals surface area contributed by atoms with E-state index < -0.39 is 23.9 Å². The highest BCUT2D eigenvalue weighted by atomic mass is 16.9. The zero-order valence-electron chi connectivity index (χ0n) is 19.0. The van der Waals surface area contributed by atoms with Gasteiger partial charge in [0.2, 0.25) is 11.6 Å². The van der Waals surface area contributed by atoms with E-state index in [1.54, 1.807) is 13.0 Å². The van der Waals surface area contributed by atoms with Gasteiger partial charge in [0.25, 0.3) is 0 Å². The predicted octanol–water partition coefficient (Wildman–Crippen LogP) is 3.15. The number of fused-ring (bicyclic) bond motifs is 5. The Balaban J connectivity index is 1.50. The second kappa shape index (κ2) is 6.96. The van der Waals surface area contributed by atoms with E-state index in [-0.39, 0.29) is 29.2 Å². The maximum Gasteiger partial charge on any atom is 0.237 e. The van der Waals surface area contributed by atoms with E-state index in [9.17, 15) is 19.8 Å². The normalized spacial score (nSPS) is 46.4. The summed E-state index contributed by atoms with van der Waals surface area (Å²) in [6.07, 6.45) is 7.78. The number of aliphatic hydroxyl groups excluding tert-OH is 2. The van der Waals surface area contributed by atoms with Crippen molar-refractivity contribution in [1.29, 1.82) is 0 Å². The Morgan fingerprint density at radius 1 is 1.19 bits per heavy atom. The van der Waals surface area contributed by atoms with Crippen molar-refractivity contribution in [3.8, 4) is 0 Å². The van der Waals surface area contributed by atoms with Gasteiger partial charge in [-0.05, 0) is 86.5 Å². The monoisotopic (exact) mass is 432 g/mol. The molecule has 0 aromatic carbocycles. The summed E-state index contributed by atoms with van der Waals surface area (Å²) in [5.41, 5.74) is 0.252. The molecule has 172 valence electrons. The zero-order valence-corrected chi connectivity index (χ0v) is 19.0. The maximum absolute atomic E-state index is 13.1. The lowest BCUT2D eigenvalue weighted by Crippen LogP contribution is -2.62. The van der Waals surface area contributed by atoms with Gasteiger partial charge in [0.15, 0.2) is 12.6 Å². The number of hydrogen-bond donors (Lipinski definition) is 2. The van der Waals surface area contributed by atoms with Gasteiger partial charge in [0.1, 0.15) is 6.61 Å². The number of carbonyl (C=O) groups excluding carboxylic acids is 2. The Morgan fingerprint density at radius 2 is 1.90 bits per heavy atom. The molecule has 0 aromatic heterocycles. The van der Waals surface area contributed by atoms with Crippen LogP contribution in [0.25, 0.3) is 0 Å². The van der Waals surface area contributed by atoms with Crippen LogP contribution in [0.2, 0.25) is 0 Å². The van der Waals surface area contributed by atoms with Crippen molar-refractivity contribution in [2.24, 2.45) is 34.0 Å². The van der Waals surface area contributed by atoms with Crippen LogP contribution in [0, 0.1) is 34.0 Å². The molecule has 5 rings (SSSR count). The first-order chi connectivity index (χ1) is 14.6. The first kappa shape index (κ1) is 21.7. The molecule has 0 bridgehead atoms. The molecule has 1 aliphatic heterocycles. The molecule has 6 heteroatoms. The summed E-state index contributed by atoms with van der Waals surface area (Å²) in [5, 5.41) is 20.1. The molecule has 4 aliphatic carbocycles. The van der Waals surface area contributed by atoms with Crippen molar-refractivity contribution in [3.63, 3.8) is 0 Å². The lowest BCUT2D eigenvalue weighted by Gasteiger charge is -2.61. The third-order valence-corrected chi connectivity index (χ3v) is 10.3. The van der Waals surface area contributed by atoms with Gasteiger partial charge >= 0.3 is 0 Å². The van der Waals surface area contributed by atoms with E-state index in [1.165, 1.54) is 5.57 Å². The molecule has 1 saturated heterocycles. The molecule has 1 heterocycles. The largest absolute Gasteiger partial charge is 0.393 e. The number of rotatable bonds is 4. The molecule has 4 fully saturated rings. The van der Waals surface area contributed by atoms with Crippen LogP contribution in [0.3, 0.4) is 0 Å². The number of Topliss-reactive ketones (excluding diaryl/α,β-unsaturated/α-hetero) is 1. The summed E-state index contributed by atoms with van der Waals surface area (Å²) in [6, 6.07) is 0. The summed E-state index contributed by atoms with van der Waals surface area (Å²) >= 11 is 0. The van der Waals surface area contributed by atoms with Gasteiger partial charge in [-0.25, -0.2) is 0 Å². The molecule has 1 unspecified atom stereocenters. The number of allylic oxidation sites excluding steroid dienone is 1. The molecular formula is C25H36O6. The van der Waals surface area contributed by atoms with Gasteiger partial charge in [-0.3, -0.25) is 9.59 Å². The van der Waals surface area contributed by atoms with Gasteiger partial charge in [-0.15, -0.1) is 0 Å². The van der Waals surface area contributed by atoms with Crippen LogP contribution in [-0.2, 0) is 19.1 Å². The zero-order chi connectivity index (χ0) is 22.2. The number of carbonyl (C=O) groups is 2. The average molecular weight is 433 g/mol. The van der Waals surface area contributed by atoms with Gasteiger partial charge < -0.3 is 19.7 Å². The first-order valence-electron chi connectivity index (χ1n) is 12.0. The predicted molar refractivity (Wildman–Crippen MR) is 113 cm³/mol. The minimum Gasteiger partial charge on any atom is -0.393 e. The average Bonchev–Trinajstić information content (AvgIpc) is 2.99. The van der Waals surface area contributed by atoms with Gasteiger partial charge in [-0.1, -0.05) is 19.4 Å². The van der Waals surface area contributed by atoms with Crippen LogP contribution in [0.4, 0.5) is 0 Å². The van der Waals surface area contributed by atoms with Crippen molar-refractivity contribution in [2.75, 3.05) is 13.4 Å². The fourth-order valence-corrected chi connectivity index (χ4v) is 8.79. The molecule has 5 aliphatic rings. The molecule has 0 amide bonds. The highest BCUT2D eigenvalue weighted by molar-refractivity contribution is 5.98. The molecule has 1 spiro atoms. The molecule has 3 saturated carbocycles. The van der Waals surface area contributed by atoms with Crippen LogP contribution in [0.15, 0.2) is 11.6 Å². The Kier molecular flexibility index (Phi) is 4.88. The second-order valence-corrected chi connectivity index (χ2v) is 11.4. The molecular weight excluding hydrogens is 396 g/mol. The van der Waals surface area contributed by atoms with Crippen LogP contribution in [-0.4, -0.2) is 47.1 Å². The lowest BCUT2D eigenvalue weighted by atomic mass is 9.44. The molecule has 0 radical (unpaired) electrons. The molecule has 6 nitrogen and oxygen atoms in total. The smallest absolute Gasteiger partial charge is 0.237 e. The van der Waals surface area contributed by atoms with Crippen molar-refractivity contribution < 1.29 is 29.3 Å². The van der Waals surface area contributed by atoms with Crippen LogP contribution >= 0.6 is 0 Å². The fraction of sp³-hybridized carbons (Fsp3) is 0.840. The number of hydrogen-bond acceptors (Lipinski definition) is 6. The summed E-state index contributed by atoms with van der Waals surface area (Å²) in [4.78, 5) is 25.8. The van der Waals surface area contributed by atoms with Gasteiger partial charge in [-0.2, -0.15) is 0 Å². The highest BCUT2D eigenvalue weighted by Gasteiger charge is 2.68. The molecule has 7 atom stereocenters. The summed E-state index contributed by atoms with van der Waals surface area (Å²) < 4.78 is 11.4. The lowest BCUT2D eigenvalue weighted by molar-refractivity contribution is -0.383. The van der Waals surface area contributed by atoms with Crippen LogP contribution in [0.1, 0.15) is 72.1 Å². The maximum atomic E-state index is 13.1. The topological polar surface area (TPSA) is 93.1 Å². The van der Waals surface area contributed by atoms with Crippen molar-refractivity contribution in [2.45, 2.75) is 84.0 Å². The number of ether oxygens (including phenoxy) is 2. The van der Waals surface area contributed by atoms with E-state index >= 15 is 0 Å². The van der Waals surface area contributed by atoms with E-state index in [0.29, 0.717) is 30.6 Å². The minimum atomic E-state index is -1.08. The first-order valence-corrected chi connectivity index (χ1v) is 12.0. The Morgan fingerprint density at radius 3 is 2.52 bits per heavy atom. The standard InChI is InChI=1S/C25H36O6/c1-15(27)11-24(21(29)12-26)9-7-19-17-5-4-16-10-20(28)25(30-14-31-25)13-22(16,2)18(17)6-8-23(19,24)3/h10,15,17-19,26-27H,4-9,11-14H2,1-3H3/t15?,17-,18+,19+,22+,23+,24+/m1/s1. The number of ketones is 2. The van der Waals surface area contributed by atoms with Gasteiger partial charge in [0, 0.05) is 11.8 Å². The second-order valence-electron chi connectivity index (χ2n) is 11.4. The SMILES string of the molecule is CC(O)C[C@]1(C(=O)CO)CC[C@H]2[C@@H]3CCC4=CC(=O)C5(C[C@]4(C)[C@H]3CC[C@@]21C)OCO5. The highest BCUT2D eigenvalue weighted by Crippen LogP contribution is 2.71. The summed E-state index contributed by atoms with van der Waals surface area (Å²) in [6.45, 7) is 6.02. The van der Waals surface area contributed by atoms with E-state index in [0.717, 1.165) is 38.5 Å². The summed E-state index contributed by atoms with van der Waals surface area (Å²) in [5.74, 6) is 0.0484.